The molecule has 0 spiro atoms. The van der Waals surface area contributed by atoms with Gasteiger partial charge in [0.05, 0.1) is 0 Å². The minimum Gasteiger partial charge on any atom is -0.102 e. The Bertz CT molecular complexity index is 269. The Labute approximate surface area is 74.2 Å². The van der Waals surface area contributed by atoms with Crippen molar-refractivity contribution in [2.45, 2.75) is 12.8 Å². The van der Waals surface area contributed by atoms with E-state index < -0.39 is 0 Å². The lowest BCUT2D eigenvalue weighted by atomic mass is 9.93. The third-order valence-corrected chi connectivity index (χ3v) is 1.93. The molecule has 0 heterocycles. The number of rotatable bonds is 3. The van der Waals surface area contributed by atoms with Crippen LogP contribution in [0.4, 0.5) is 0 Å². The molecule has 0 fully saturated rings. The van der Waals surface area contributed by atoms with Crippen LogP contribution in [0.25, 0.3) is 0 Å². The lowest BCUT2D eigenvalue weighted by Gasteiger charge is -2.11. The van der Waals surface area contributed by atoms with E-state index in [0.717, 1.165) is 5.57 Å². The second-order valence-corrected chi connectivity index (χ2v) is 2.97. The highest BCUT2D eigenvalue weighted by Gasteiger charge is 2.05. The van der Waals surface area contributed by atoms with Gasteiger partial charge in [-0.15, -0.1) is 6.58 Å². The first kappa shape index (κ1) is 8.79. The van der Waals surface area contributed by atoms with Gasteiger partial charge < -0.3 is 0 Å². The maximum atomic E-state index is 3.93. The summed E-state index contributed by atoms with van der Waals surface area (Å²) < 4.78 is 0. The normalized spacial score (nSPS) is 12.1. The van der Waals surface area contributed by atoms with Gasteiger partial charge in [0.25, 0.3) is 0 Å². The first-order valence-corrected chi connectivity index (χ1v) is 4.08. The van der Waals surface area contributed by atoms with Gasteiger partial charge in [0.2, 0.25) is 0 Å². The van der Waals surface area contributed by atoms with E-state index in [1.807, 2.05) is 31.2 Å². The van der Waals surface area contributed by atoms with Gasteiger partial charge in [-0.25, -0.2) is 0 Å². The van der Waals surface area contributed by atoms with Gasteiger partial charge >= 0.3 is 0 Å². The van der Waals surface area contributed by atoms with Gasteiger partial charge in [-0.1, -0.05) is 48.6 Å². The Morgan fingerprint density at radius 2 is 1.92 bits per heavy atom. The predicted octanol–water partition coefficient (Wildman–Crippen LogP) is 3.53. The zero-order valence-corrected chi connectivity index (χ0v) is 7.46. The first-order chi connectivity index (χ1) is 5.75. The van der Waals surface area contributed by atoms with Gasteiger partial charge in [0.1, 0.15) is 0 Å². The van der Waals surface area contributed by atoms with E-state index in [1.54, 1.807) is 0 Å². The van der Waals surface area contributed by atoms with E-state index in [9.17, 15) is 0 Å². The Morgan fingerprint density at radius 1 is 1.33 bits per heavy atom. The second kappa shape index (κ2) is 3.91. The number of benzene rings is 1. The van der Waals surface area contributed by atoms with Crippen molar-refractivity contribution in [3.63, 3.8) is 0 Å². The van der Waals surface area contributed by atoms with E-state index in [2.05, 4.69) is 25.3 Å². The quantitative estimate of drug-likeness (QED) is 0.590. The molecule has 0 N–H and O–H groups in total. The fourth-order valence-electron chi connectivity index (χ4n) is 1.28. The van der Waals surface area contributed by atoms with Gasteiger partial charge in [-0.05, 0) is 12.5 Å². The maximum Gasteiger partial charge on any atom is 0.0220 e. The van der Waals surface area contributed by atoms with Crippen LogP contribution < -0.4 is 0 Å². The van der Waals surface area contributed by atoms with Gasteiger partial charge in [0.15, 0.2) is 0 Å². The van der Waals surface area contributed by atoms with E-state index >= 15 is 0 Å². The third kappa shape index (κ3) is 1.85. The van der Waals surface area contributed by atoms with Crippen LogP contribution in [0.5, 0.6) is 0 Å². The highest BCUT2D eigenvalue weighted by Crippen LogP contribution is 2.22. The minimum atomic E-state index is 0.297. The molecule has 0 amide bonds. The van der Waals surface area contributed by atoms with Crippen LogP contribution in [-0.4, -0.2) is 0 Å². The molecule has 62 valence electrons. The van der Waals surface area contributed by atoms with E-state index in [1.165, 1.54) is 5.56 Å². The molecule has 0 heteroatoms. The van der Waals surface area contributed by atoms with Gasteiger partial charge in [-0.2, -0.15) is 0 Å². The van der Waals surface area contributed by atoms with E-state index in [4.69, 9.17) is 0 Å². The summed E-state index contributed by atoms with van der Waals surface area (Å²) in [4.78, 5) is 0. The zero-order valence-electron chi connectivity index (χ0n) is 7.46. The maximum absolute atomic E-state index is 3.93. The van der Waals surface area contributed by atoms with Crippen molar-refractivity contribution in [2.75, 3.05) is 0 Å². The molecule has 0 aliphatic heterocycles. The Kier molecular flexibility index (Phi) is 2.87. The highest BCUT2D eigenvalue weighted by molar-refractivity contribution is 5.30. The Morgan fingerprint density at radius 3 is 2.33 bits per heavy atom. The van der Waals surface area contributed by atoms with Crippen LogP contribution in [0.1, 0.15) is 18.4 Å². The molecule has 1 rings (SSSR count). The monoisotopic (exact) mass is 158 g/mol. The average Bonchev–Trinajstić information content (AvgIpc) is 2.07. The van der Waals surface area contributed by atoms with E-state index in [-0.39, 0.29) is 0 Å². The van der Waals surface area contributed by atoms with Crippen LogP contribution in [-0.2, 0) is 0 Å². The molecule has 1 aromatic carbocycles. The molecule has 0 saturated carbocycles. The molecule has 0 aliphatic rings. The fourth-order valence-corrected chi connectivity index (χ4v) is 1.28. The largest absolute Gasteiger partial charge is 0.102 e. The summed E-state index contributed by atoms with van der Waals surface area (Å²) in [6, 6.07) is 10.3. The van der Waals surface area contributed by atoms with E-state index in [0.29, 0.717) is 5.92 Å². The molecule has 12 heavy (non-hydrogen) atoms. The molecule has 0 nitrogen and oxygen atoms in total. The molecule has 1 atom stereocenters. The molecule has 0 aliphatic carbocycles. The second-order valence-electron chi connectivity index (χ2n) is 2.97. The summed E-state index contributed by atoms with van der Waals surface area (Å²) >= 11 is 0. The summed E-state index contributed by atoms with van der Waals surface area (Å²) in [6.07, 6.45) is 1.93. The van der Waals surface area contributed by atoms with Crippen molar-refractivity contribution < 1.29 is 0 Å². The summed E-state index contributed by atoms with van der Waals surface area (Å²) in [6.45, 7) is 9.76. The topological polar surface area (TPSA) is 0 Å². The van der Waals surface area contributed by atoms with Crippen molar-refractivity contribution in [1.29, 1.82) is 0 Å². The average molecular weight is 158 g/mol. The van der Waals surface area contributed by atoms with Crippen molar-refractivity contribution in [3.05, 3.63) is 60.7 Å². The van der Waals surface area contributed by atoms with Crippen LogP contribution in [0.2, 0.25) is 0 Å². The SMILES string of the molecule is C=C[C@H](C(=C)C)c1ccccc1. The lowest BCUT2D eigenvalue weighted by Crippen LogP contribution is -1.94. The number of hydrogen-bond acceptors (Lipinski definition) is 0. The van der Waals surface area contributed by atoms with Crippen LogP contribution >= 0.6 is 0 Å². The molecule has 0 saturated heterocycles. The van der Waals surface area contributed by atoms with Crippen LogP contribution in [0, 0.1) is 0 Å². The number of hydrogen-bond donors (Lipinski definition) is 0. The molecular weight excluding hydrogens is 144 g/mol. The third-order valence-electron chi connectivity index (χ3n) is 1.93. The van der Waals surface area contributed by atoms with Crippen molar-refractivity contribution in [3.8, 4) is 0 Å². The zero-order chi connectivity index (χ0) is 8.97. The summed E-state index contributed by atoms with van der Waals surface area (Å²) in [7, 11) is 0. The Hall–Kier alpha value is -1.30. The molecular formula is C12H14. The van der Waals surface area contributed by atoms with Gasteiger partial charge in [-0.3, -0.25) is 0 Å². The minimum absolute atomic E-state index is 0.297. The molecule has 1 aromatic rings. The summed E-state index contributed by atoms with van der Waals surface area (Å²) in [5, 5.41) is 0. The fraction of sp³-hybridized carbons (Fsp3) is 0.167. The molecule has 0 unspecified atom stereocenters. The molecule has 0 aromatic heterocycles. The summed E-state index contributed by atoms with van der Waals surface area (Å²) in [5.74, 6) is 0.297. The van der Waals surface area contributed by atoms with Crippen LogP contribution in [0.3, 0.4) is 0 Å². The highest BCUT2D eigenvalue weighted by atomic mass is 14.1. The molecule has 0 radical (unpaired) electrons. The van der Waals surface area contributed by atoms with Crippen molar-refractivity contribution in [2.24, 2.45) is 0 Å². The Balaban J connectivity index is 2.95. The van der Waals surface area contributed by atoms with Crippen molar-refractivity contribution >= 4 is 0 Å². The van der Waals surface area contributed by atoms with Gasteiger partial charge in [0, 0.05) is 5.92 Å². The predicted molar refractivity (Wildman–Crippen MR) is 54.2 cm³/mol. The number of allylic oxidation sites excluding steroid dienone is 2. The first-order valence-electron chi connectivity index (χ1n) is 4.08. The molecule has 0 bridgehead atoms. The summed E-state index contributed by atoms with van der Waals surface area (Å²) in [5.41, 5.74) is 2.40. The smallest absolute Gasteiger partial charge is 0.0220 e. The van der Waals surface area contributed by atoms with Crippen molar-refractivity contribution in [1.82, 2.24) is 0 Å². The van der Waals surface area contributed by atoms with Crippen LogP contribution in [0.15, 0.2) is 55.1 Å². The standard InChI is InChI=1S/C12H14/c1-4-12(10(2)3)11-8-6-5-7-9-11/h4-9,12H,1-2H2,3H3/t12-/m1/s1. The lowest BCUT2D eigenvalue weighted by molar-refractivity contribution is 1.00.